The minimum atomic E-state index is 0.119. The third-order valence-electron chi connectivity index (χ3n) is 3.80. The van der Waals surface area contributed by atoms with Gasteiger partial charge in [0, 0.05) is 16.2 Å². The van der Waals surface area contributed by atoms with E-state index in [1.54, 1.807) is 11.3 Å². The Morgan fingerprint density at radius 2 is 2.37 bits per heavy atom. The Balaban J connectivity index is 1.86. The molecule has 1 aromatic rings. The first kappa shape index (κ1) is 14.5. The SMILES string of the molecule is Cc1cc(C(C)NC(=O)CC2CCCNC2)c(C)s1. The van der Waals surface area contributed by atoms with Gasteiger partial charge in [0.1, 0.15) is 0 Å². The normalized spacial score (nSPS) is 21.1. The molecule has 1 aliphatic rings. The fourth-order valence-corrected chi connectivity index (χ4v) is 3.84. The average molecular weight is 280 g/mol. The molecule has 2 N–H and O–H groups in total. The number of carbonyl (C=O) groups excluding carboxylic acids is 1. The van der Waals surface area contributed by atoms with Gasteiger partial charge < -0.3 is 10.6 Å². The lowest BCUT2D eigenvalue weighted by Gasteiger charge is -2.23. The van der Waals surface area contributed by atoms with Crippen molar-refractivity contribution in [3.8, 4) is 0 Å². The molecule has 0 saturated carbocycles. The third kappa shape index (κ3) is 4.05. The second-order valence-corrected chi connectivity index (χ2v) is 7.03. The number of hydrogen-bond acceptors (Lipinski definition) is 3. The van der Waals surface area contributed by atoms with Crippen molar-refractivity contribution in [1.82, 2.24) is 10.6 Å². The molecule has 4 heteroatoms. The zero-order valence-corrected chi connectivity index (χ0v) is 12.9. The number of nitrogens with one attached hydrogen (secondary N) is 2. The van der Waals surface area contributed by atoms with E-state index in [0.29, 0.717) is 12.3 Å². The fraction of sp³-hybridized carbons (Fsp3) is 0.667. The van der Waals surface area contributed by atoms with Crippen LogP contribution in [0.3, 0.4) is 0 Å². The summed E-state index contributed by atoms with van der Waals surface area (Å²) in [4.78, 5) is 14.7. The van der Waals surface area contributed by atoms with Crippen LogP contribution in [-0.4, -0.2) is 19.0 Å². The molecule has 2 heterocycles. The quantitative estimate of drug-likeness (QED) is 0.890. The van der Waals surface area contributed by atoms with E-state index in [4.69, 9.17) is 0 Å². The molecule has 1 saturated heterocycles. The van der Waals surface area contributed by atoms with E-state index in [1.165, 1.54) is 28.2 Å². The molecule has 2 atom stereocenters. The van der Waals surface area contributed by atoms with Crippen LogP contribution in [0.25, 0.3) is 0 Å². The lowest BCUT2D eigenvalue weighted by atomic mass is 9.95. The zero-order valence-electron chi connectivity index (χ0n) is 12.1. The summed E-state index contributed by atoms with van der Waals surface area (Å²) in [6, 6.07) is 2.31. The molecule has 0 radical (unpaired) electrons. The molecule has 1 aliphatic heterocycles. The Morgan fingerprint density at radius 1 is 1.58 bits per heavy atom. The molecular weight excluding hydrogens is 256 g/mol. The Morgan fingerprint density at radius 3 is 2.95 bits per heavy atom. The first-order valence-corrected chi connectivity index (χ1v) is 7.95. The van der Waals surface area contributed by atoms with E-state index >= 15 is 0 Å². The van der Waals surface area contributed by atoms with Gasteiger partial charge in [-0.25, -0.2) is 0 Å². The van der Waals surface area contributed by atoms with Crippen LogP contribution < -0.4 is 10.6 Å². The summed E-state index contributed by atoms with van der Waals surface area (Å²) in [5, 5.41) is 6.50. The molecule has 0 aliphatic carbocycles. The molecule has 2 rings (SSSR count). The number of amides is 1. The first-order chi connectivity index (χ1) is 9.06. The Bertz CT molecular complexity index is 435. The summed E-state index contributed by atoms with van der Waals surface area (Å²) in [6.07, 6.45) is 3.02. The minimum Gasteiger partial charge on any atom is -0.350 e. The van der Waals surface area contributed by atoms with Crippen molar-refractivity contribution in [2.24, 2.45) is 5.92 Å². The maximum Gasteiger partial charge on any atom is 0.220 e. The third-order valence-corrected chi connectivity index (χ3v) is 4.78. The van der Waals surface area contributed by atoms with Gasteiger partial charge in [-0.15, -0.1) is 11.3 Å². The van der Waals surface area contributed by atoms with Crippen LogP contribution in [0.4, 0.5) is 0 Å². The number of hydrogen-bond donors (Lipinski definition) is 2. The Hall–Kier alpha value is -0.870. The van der Waals surface area contributed by atoms with Crippen molar-refractivity contribution in [3.05, 3.63) is 21.4 Å². The maximum atomic E-state index is 12.1. The molecule has 1 fully saturated rings. The largest absolute Gasteiger partial charge is 0.350 e. The van der Waals surface area contributed by atoms with Crippen molar-refractivity contribution >= 4 is 17.2 Å². The van der Waals surface area contributed by atoms with Gasteiger partial charge in [-0.1, -0.05) is 0 Å². The van der Waals surface area contributed by atoms with Crippen LogP contribution in [0.15, 0.2) is 6.07 Å². The molecule has 3 nitrogen and oxygen atoms in total. The van der Waals surface area contributed by atoms with E-state index < -0.39 is 0 Å². The van der Waals surface area contributed by atoms with Crippen LogP contribution in [0.1, 0.15) is 47.5 Å². The molecule has 0 spiro atoms. The fourth-order valence-electron chi connectivity index (χ4n) is 2.82. The highest BCUT2D eigenvalue weighted by Gasteiger charge is 2.19. The predicted molar refractivity (Wildman–Crippen MR) is 80.6 cm³/mol. The topological polar surface area (TPSA) is 41.1 Å². The molecule has 1 aromatic heterocycles. The second kappa shape index (κ2) is 6.53. The minimum absolute atomic E-state index is 0.119. The van der Waals surface area contributed by atoms with Crippen molar-refractivity contribution in [3.63, 3.8) is 0 Å². The molecule has 0 bridgehead atoms. The summed E-state index contributed by atoms with van der Waals surface area (Å²) in [5.74, 6) is 0.690. The molecular formula is C15H24N2OS. The second-order valence-electron chi connectivity index (χ2n) is 5.57. The lowest BCUT2D eigenvalue weighted by molar-refractivity contribution is -0.122. The molecule has 106 valence electrons. The average Bonchev–Trinajstić information content (AvgIpc) is 2.69. The summed E-state index contributed by atoms with van der Waals surface area (Å²) in [6.45, 7) is 8.40. The smallest absolute Gasteiger partial charge is 0.220 e. The lowest BCUT2D eigenvalue weighted by Crippen LogP contribution is -2.35. The molecule has 2 unspecified atom stereocenters. The van der Waals surface area contributed by atoms with Gasteiger partial charge in [-0.2, -0.15) is 0 Å². The Kier molecular flexibility index (Phi) is 4.99. The molecule has 0 aromatic carbocycles. The van der Waals surface area contributed by atoms with Crippen LogP contribution in [0.2, 0.25) is 0 Å². The number of rotatable bonds is 4. The van der Waals surface area contributed by atoms with E-state index in [1.807, 2.05) is 0 Å². The van der Waals surface area contributed by atoms with Crippen molar-refractivity contribution < 1.29 is 4.79 Å². The number of carbonyl (C=O) groups is 1. The standard InChI is InChI=1S/C15H24N2OS/c1-10-7-14(12(3)19-10)11(2)17-15(18)8-13-5-4-6-16-9-13/h7,11,13,16H,4-6,8-9H2,1-3H3,(H,17,18). The van der Waals surface area contributed by atoms with E-state index in [0.717, 1.165) is 13.1 Å². The summed E-state index contributed by atoms with van der Waals surface area (Å²) < 4.78 is 0. The van der Waals surface area contributed by atoms with Gasteiger partial charge in [0.15, 0.2) is 0 Å². The molecule has 19 heavy (non-hydrogen) atoms. The zero-order chi connectivity index (χ0) is 13.8. The Labute approximate surface area is 119 Å². The van der Waals surface area contributed by atoms with Gasteiger partial charge in [0.05, 0.1) is 6.04 Å². The van der Waals surface area contributed by atoms with Crippen LogP contribution in [0, 0.1) is 19.8 Å². The van der Waals surface area contributed by atoms with Gasteiger partial charge in [0.2, 0.25) is 5.91 Å². The maximum absolute atomic E-state index is 12.1. The summed E-state index contributed by atoms with van der Waals surface area (Å²) >= 11 is 1.80. The summed E-state index contributed by atoms with van der Waals surface area (Å²) in [5.41, 5.74) is 1.26. The van der Waals surface area contributed by atoms with Gasteiger partial charge in [-0.3, -0.25) is 4.79 Å². The van der Waals surface area contributed by atoms with Crippen LogP contribution >= 0.6 is 11.3 Å². The van der Waals surface area contributed by atoms with Gasteiger partial charge in [-0.05, 0) is 64.3 Å². The van der Waals surface area contributed by atoms with Crippen molar-refractivity contribution in [2.45, 2.75) is 46.1 Å². The van der Waals surface area contributed by atoms with Gasteiger partial charge in [0.25, 0.3) is 0 Å². The van der Waals surface area contributed by atoms with Gasteiger partial charge >= 0.3 is 0 Å². The predicted octanol–water partition coefficient (Wildman–Crippen LogP) is 2.93. The van der Waals surface area contributed by atoms with Crippen molar-refractivity contribution in [2.75, 3.05) is 13.1 Å². The number of piperidine rings is 1. The highest BCUT2D eigenvalue weighted by Crippen LogP contribution is 2.26. The number of aryl methyl sites for hydroxylation is 2. The van der Waals surface area contributed by atoms with Crippen LogP contribution in [0.5, 0.6) is 0 Å². The first-order valence-electron chi connectivity index (χ1n) is 7.13. The highest BCUT2D eigenvalue weighted by atomic mass is 32.1. The summed E-state index contributed by atoms with van der Waals surface area (Å²) in [7, 11) is 0. The van der Waals surface area contributed by atoms with E-state index in [9.17, 15) is 4.79 Å². The van der Waals surface area contributed by atoms with E-state index in [-0.39, 0.29) is 11.9 Å². The highest BCUT2D eigenvalue weighted by molar-refractivity contribution is 7.12. The van der Waals surface area contributed by atoms with E-state index in [2.05, 4.69) is 37.5 Å². The molecule has 1 amide bonds. The monoisotopic (exact) mass is 280 g/mol. The number of thiophene rings is 1. The van der Waals surface area contributed by atoms with Crippen molar-refractivity contribution in [1.29, 1.82) is 0 Å². The van der Waals surface area contributed by atoms with Crippen LogP contribution in [-0.2, 0) is 4.79 Å².